The highest BCUT2D eigenvalue weighted by atomic mass is 16.3. The highest BCUT2D eigenvalue weighted by Crippen LogP contribution is 2.26. The van der Waals surface area contributed by atoms with Gasteiger partial charge in [-0.2, -0.15) is 5.26 Å². The first kappa shape index (κ1) is 12.9. The maximum absolute atomic E-state index is 10.8. The Morgan fingerprint density at radius 2 is 1.93 bits per heavy atom. The van der Waals surface area contributed by atoms with Gasteiger partial charge in [-0.3, -0.25) is 4.79 Å². The molecule has 0 saturated carbocycles. The highest BCUT2D eigenvalue weighted by molar-refractivity contribution is 5.80. The lowest BCUT2D eigenvalue weighted by Crippen LogP contribution is -2.46. The van der Waals surface area contributed by atoms with E-state index in [9.17, 15) is 15.0 Å². The first-order chi connectivity index (χ1) is 6.10. The standard InChI is InChI=1S/C9H16N2O3/c1-8(2,13)5-9(3,14)6(4-10)7(11)12/h6,13-14H,5H2,1-3H3,(H2,11,12). The molecule has 0 rings (SSSR count). The fourth-order valence-corrected chi connectivity index (χ4v) is 1.49. The molecule has 0 spiro atoms. The molecule has 0 fully saturated rings. The van der Waals surface area contributed by atoms with Gasteiger partial charge in [-0.25, -0.2) is 0 Å². The number of nitrogens with two attached hydrogens (primary N) is 1. The summed E-state index contributed by atoms with van der Waals surface area (Å²) in [5.74, 6) is -2.20. The van der Waals surface area contributed by atoms with Crippen LogP contribution < -0.4 is 5.73 Å². The van der Waals surface area contributed by atoms with Gasteiger partial charge in [-0.15, -0.1) is 0 Å². The Morgan fingerprint density at radius 1 is 1.50 bits per heavy atom. The Hall–Kier alpha value is -1.12. The van der Waals surface area contributed by atoms with Crippen LogP contribution in [-0.2, 0) is 4.79 Å². The van der Waals surface area contributed by atoms with Crippen molar-refractivity contribution in [2.24, 2.45) is 11.7 Å². The summed E-state index contributed by atoms with van der Waals surface area (Å²) in [7, 11) is 0. The molecule has 2 atom stereocenters. The van der Waals surface area contributed by atoms with Crippen molar-refractivity contribution < 1.29 is 15.0 Å². The number of nitrogens with zero attached hydrogens (tertiary/aromatic N) is 1. The minimum atomic E-state index is -1.61. The molecular formula is C9H16N2O3. The van der Waals surface area contributed by atoms with Crippen LogP contribution in [0.2, 0.25) is 0 Å². The molecule has 0 aliphatic heterocycles. The van der Waals surface area contributed by atoms with E-state index in [1.165, 1.54) is 20.8 Å². The molecule has 5 nitrogen and oxygen atoms in total. The maximum Gasteiger partial charge on any atom is 0.237 e. The van der Waals surface area contributed by atoms with E-state index in [-0.39, 0.29) is 6.42 Å². The highest BCUT2D eigenvalue weighted by Gasteiger charge is 2.40. The Bertz CT molecular complexity index is 260. The monoisotopic (exact) mass is 200 g/mol. The summed E-state index contributed by atoms with van der Waals surface area (Å²) in [6.45, 7) is 4.28. The van der Waals surface area contributed by atoms with Gasteiger partial charge in [0.15, 0.2) is 5.92 Å². The molecule has 1 amide bonds. The van der Waals surface area contributed by atoms with Crippen LogP contribution in [0.4, 0.5) is 0 Å². The van der Waals surface area contributed by atoms with Crippen LogP contribution in [0.15, 0.2) is 0 Å². The number of carbonyl (C=O) groups excluding carboxylic acids is 1. The van der Waals surface area contributed by atoms with Gasteiger partial charge in [0, 0.05) is 6.42 Å². The van der Waals surface area contributed by atoms with E-state index in [1.54, 1.807) is 6.07 Å². The third-order valence-electron chi connectivity index (χ3n) is 1.83. The lowest BCUT2D eigenvalue weighted by Gasteiger charge is -2.31. The van der Waals surface area contributed by atoms with E-state index in [0.29, 0.717) is 0 Å². The van der Waals surface area contributed by atoms with E-state index in [1.807, 2.05) is 0 Å². The Balaban J connectivity index is 4.77. The zero-order valence-electron chi connectivity index (χ0n) is 8.61. The molecule has 0 saturated heterocycles. The van der Waals surface area contributed by atoms with Crippen LogP contribution in [-0.4, -0.2) is 27.3 Å². The quantitative estimate of drug-likeness (QED) is 0.569. The number of hydrogen-bond donors (Lipinski definition) is 3. The van der Waals surface area contributed by atoms with Crippen LogP contribution in [0.3, 0.4) is 0 Å². The molecule has 0 aromatic heterocycles. The van der Waals surface area contributed by atoms with Gasteiger partial charge >= 0.3 is 0 Å². The average molecular weight is 200 g/mol. The second kappa shape index (κ2) is 3.95. The van der Waals surface area contributed by atoms with Gasteiger partial charge < -0.3 is 15.9 Å². The van der Waals surface area contributed by atoms with Gasteiger partial charge in [0.25, 0.3) is 0 Å². The van der Waals surface area contributed by atoms with Gasteiger partial charge in [0.1, 0.15) is 0 Å². The number of carbonyl (C=O) groups is 1. The van der Waals surface area contributed by atoms with Crippen molar-refractivity contribution in [2.75, 3.05) is 0 Å². The number of nitriles is 1. The molecule has 0 radical (unpaired) electrons. The molecule has 0 aromatic rings. The van der Waals surface area contributed by atoms with E-state index in [2.05, 4.69) is 0 Å². The second-order valence-corrected chi connectivity index (χ2v) is 4.31. The molecule has 4 N–H and O–H groups in total. The van der Waals surface area contributed by atoms with E-state index in [4.69, 9.17) is 11.0 Å². The van der Waals surface area contributed by atoms with Crippen LogP contribution in [0.1, 0.15) is 27.2 Å². The summed E-state index contributed by atoms with van der Waals surface area (Å²) >= 11 is 0. The van der Waals surface area contributed by atoms with Crippen molar-refractivity contribution in [3.63, 3.8) is 0 Å². The average Bonchev–Trinajstić information content (AvgIpc) is 1.79. The van der Waals surface area contributed by atoms with Crippen molar-refractivity contribution in [2.45, 2.75) is 38.4 Å². The fourth-order valence-electron chi connectivity index (χ4n) is 1.49. The Kier molecular flexibility index (Phi) is 3.63. The topological polar surface area (TPSA) is 107 Å². The van der Waals surface area contributed by atoms with Crippen molar-refractivity contribution in [3.05, 3.63) is 0 Å². The van der Waals surface area contributed by atoms with Crippen LogP contribution in [0.25, 0.3) is 0 Å². The number of amides is 1. The normalized spacial score (nSPS) is 18.0. The van der Waals surface area contributed by atoms with Crippen molar-refractivity contribution in [3.8, 4) is 6.07 Å². The lowest BCUT2D eigenvalue weighted by atomic mass is 9.81. The molecule has 2 unspecified atom stereocenters. The van der Waals surface area contributed by atoms with Crippen LogP contribution in [0.5, 0.6) is 0 Å². The van der Waals surface area contributed by atoms with Crippen molar-refractivity contribution in [1.82, 2.24) is 0 Å². The smallest absolute Gasteiger partial charge is 0.237 e. The third-order valence-corrected chi connectivity index (χ3v) is 1.83. The van der Waals surface area contributed by atoms with E-state index in [0.717, 1.165) is 0 Å². The Morgan fingerprint density at radius 3 is 2.14 bits per heavy atom. The summed E-state index contributed by atoms with van der Waals surface area (Å²) in [5.41, 5.74) is 2.18. The largest absolute Gasteiger partial charge is 0.390 e. The summed E-state index contributed by atoms with van der Waals surface area (Å²) in [6, 6.07) is 1.63. The molecule has 0 bridgehead atoms. The van der Waals surface area contributed by atoms with Gasteiger partial charge in [-0.05, 0) is 20.8 Å². The molecule has 0 aromatic carbocycles. The van der Waals surface area contributed by atoms with E-state index < -0.39 is 23.0 Å². The van der Waals surface area contributed by atoms with Gasteiger partial charge in [-0.1, -0.05) is 0 Å². The maximum atomic E-state index is 10.8. The number of hydrogen-bond acceptors (Lipinski definition) is 4. The summed E-state index contributed by atoms with van der Waals surface area (Å²) in [6.07, 6.45) is -0.0961. The van der Waals surface area contributed by atoms with Crippen molar-refractivity contribution >= 4 is 5.91 Å². The molecule has 0 heterocycles. The minimum Gasteiger partial charge on any atom is -0.390 e. The molecule has 0 aliphatic carbocycles. The zero-order chi connectivity index (χ0) is 11.6. The predicted octanol–water partition coefficient (Wildman–Crippen LogP) is -0.477. The Labute approximate surface area is 83.1 Å². The van der Waals surface area contributed by atoms with Gasteiger partial charge in [0.2, 0.25) is 5.91 Å². The fraction of sp³-hybridized carbons (Fsp3) is 0.778. The number of aliphatic hydroxyl groups is 2. The first-order valence-corrected chi connectivity index (χ1v) is 4.24. The lowest BCUT2D eigenvalue weighted by molar-refractivity contribution is -0.130. The number of rotatable bonds is 4. The molecule has 0 aliphatic rings. The summed E-state index contributed by atoms with van der Waals surface area (Å²) in [4.78, 5) is 10.8. The van der Waals surface area contributed by atoms with Crippen LogP contribution in [0, 0.1) is 17.2 Å². The molecule has 14 heavy (non-hydrogen) atoms. The molecular weight excluding hydrogens is 184 g/mol. The first-order valence-electron chi connectivity index (χ1n) is 4.24. The van der Waals surface area contributed by atoms with Gasteiger partial charge in [0.05, 0.1) is 17.3 Å². The predicted molar refractivity (Wildman–Crippen MR) is 49.8 cm³/mol. The molecule has 80 valence electrons. The number of primary amides is 1. The summed E-state index contributed by atoms with van der Waals surface area (Å²) < 4.78 is 0. The second-order valence-electron chi connectivity index (χ2n) is 4.31. The third kappa shape index (κ3) is 3.73. The summed E-state index contributed by atoms with van der Waals surface area (Å²) in [5, 5.41) is 27.9. The van der Waals surface area contributed by atoms with E-state index >= 15 is 0 Å². The minimum absolute atomic E-state index is 0.0961. The zero-order valence-corrected chi connectivity index (χ0v) is 8.61. The van der Waals surface area contributed by atoms with Crippen LogP contribution >= 0.6 is 0 Å². The van der Waals surface area contributed by atoms with Crippen molar-refractivity contribution in [1.29, 1.82) is 5.26 Å². The SMILES string of the molecule is CC(C)(O)CC(C)(O)C(C#N)C(N)=O. The molecule has 5 heteroatoms.